The number of hydrogen-bond donors (Lipinski definition) is 0. The molecule has 1 aromatic rings. The van der Waals surface area contributed by atoms with Crippen LogP contribution in [0, 0.1) is 0 Å². The largest absolute Gasteiger partial charge is 0.377 e. The molecule has 2 atom stereocenters. The van der Waals surface area contributed by atoms with Crippen LogP contribution in [0.4, 0.5) is 0 Å². The van der Waals surface area contributed by atoms with Gasteiger partial charge in [0, 0.05) is 44.2 Å². The lowest BCUT2D eigenvalue weighted by Gasteiger charge is -2.32. The van der Waals surface area contributed by atoms with Gasteiger partial charge in [0.15, 0.2) is 0 Å². The summed E-state index contributed by atoms with van der Waals surface area (Å²) in [6.07, 6.45) is 5.71. The molecule has 3 aliphatic heterocycles. The van der Waals surface area contributed by atoms with Crippen molar-refractivity contribution in [1.82, 2.24) is 14.8 Å². The van der Waals surface area contributed by atoms with E-state index >= 15 is 0 Å². The maximum absolute atomic E-state index is 11.8. The fraction of sp³-hybridized carbons (Fsp3) is 0.765. The first-order chi connectivity index (χ1) is 11.7. The highest BCUT2D eigenvalue weighted by Gasteiger charge is 2.44. The van der Waals surface area contributed by atoms with Gasteiger partial charge in [0.1, 0.15) is 10.6 Å². The van der Waals surface area contributed by atoms with Gasteiger partial charge in [-0.05, 0) is 19.3 Å². The van der Waals surface area contributed by atoms with Gasteiger partial charge in [0.25, 0.3) is 0 Å². The Kier molecular flexibility index (Phi) is 4.85. The summed E-state index contributed by atoms with van der Waals surface area (Å²) in [4.78, 5) is 20.6. The van der Waals surface area contributed by atoms with E-state index < -0.39 is 0 Å². The smallest absolute Gasteiger partial charge is 0.222 e. The van der Waals surface area contributed by atoms with Gasteiger partial charge in [-0.25, -0.2) is 4.98 Å². The molecule has 1 aromatic heterocycles. The number of amides is 1. The fourth-order valence-electron chi connectivity index (χ4n) is 4.03. The molecule has 132 valence electrons. The molecule has 6 nitrogen and oxygen atoms in total. The van der Waals surface area contributed by atoms with Crippen molar-refractivity contribution in [2.75, 3.05) is 39.4 Å². The third kappa shape index (κ3) is 3.64. The third-order valence-electron chi connectivity index (χ3n) is 5.21. The van der Waals surface area contributed by atoms with Crippen LogP contribution >= 0.6 is 11.3 Å². The van der Waals surface area contributed by atoms with E-state index in [2.05, 4.69) is 9.88 Å². The maximum atomic E-state index is 11.8. The minimum atomic E-state index is -0.221. The Labute approximate surface area is 146 Å². The number of nitrogens with zero attached hydrogens (tertiary/aromatic N) is 3. The molecule has 0 saturated carbocycles. The normalized spacial score (nSPS) is 31.9. The lowest BCUT2D eigenvalue weighted by atomic mass is 10.00. The molecule has 0 bridgehead atoms. The van der Waals surface area contributed by atoms with Crippen LogP contribution in [-0.2, 0) is 20.8 Å². The number of ether oxygens (including phenoxy) is 2. The topological polar surface area (TPSA) is 54.9 Å². The molecule has 0 unspecified atom stereocenters. The van der Waals surface area contributed by atoms with E-state index in [-0.39, 0.29) is 17.6 Å². The van der Waals surface area contributed by atoms with Crippen LogP contribution in [0.3, 0.4) is 0 Å². The lowest BCUT2D eigenvalue weighted by molar-refractivity contribution is -0.132. The summed E-state index contributed by atoms with van der Waals surface area (Å²) in [5.74, 6) is 0.280. The molecule has 4 rings (SSSR count). The Morgan fingerprint density at radius 1 is 1.42 bits per heavy atom. The van der Waals surface area contributed by atoms with Crippen LogP contribution in [0.15, 0.2) is 11.6 Å². The van der Waals surface area contributed by atoms with Crippen LogP contribution in [-0.4, -0.2) is 71.8 Å². The summed E-state index contributed by atoms with van der Waals surface area (Å²) in [5, 5.41) is 3.17. The van der Waals surface area contributed by atoms with Crippen molar-refractivity contribution >= 4 is 17.2 Å². The van der Waals surface area contributed by atoms with Gasteiger partial charge in [-0.1, -0.05) is 0 Å². The molecule has 1 amide bonds. The Hall–Kier alpha value is -1.02. The number of hydrogen-bond acceptors (Lipinski definition) is 6. The molecule has 3 saturated heterocycles. The van der Waals surface area contributed by atoms with E-state index in [0.29, 0.717) is 13.0 Å². The fourth-order valence-corrected chi connectivity index (χ4v) is 4.69. The number of rotatable bonds is 4. The minimum absolute atomic E-state index is 0.149. The van der Waals surface area contributed by atoms with Gasteiger partial charge in [-0.2, -0.15) is 0 Å². The average Bonchev–Trinajstić information content (AvgIpc) is 3.26. The number of carbonyl (C=O) groups is 1. The van der Waals surface area contributed by atoms with Crippen molar-refractivity contribution in [2.45, 2.75) is 43.9 Å². The zero-order valence-electron chi connectivity index (χ0n) is 14.0. The molecular weight excluding hydrogens is 326 g/mol. The second-order valence-electron chi connectivity index (χ2n) is 7.09. The van der Waals surface area contributed by atoms with Crippen LogP contribution in [0.1, 0.15) is 30.7 Å². The van der Waals surface area contributed by atoms with Crippen LogP contribution in [0.2, 0.25) is 0 Å². The summed E-state index contributed by atoms with van der Waals surface area (Å²) in [7, 11) is 0. The van der Waals surface area contributed by atoms with Crippen molar-refractivity contribution in [3.8, 4) is 0 Å². The van der Waals surface area contributed by atoms with E-state index in [1.165, 1.54) is 0 Å². The molecule has 7 heteroatoms. The SMILES string of the molecule is O=C1CCCN1C[C@@H]1CC[C@]2(COCCN(Cc3nccs3)C2)O1. The van der Waals surface area contributed by atoms with Gasteiger partial charge in [0.2, 0.25) is 5.91 Å². The summed E-state index contributed by atoms with van der Waals surface area (Å²) in [6, 6.07) is 0. The van der Waals surface area contributed by atoms with E-state index in [4.69, 9.17) is 9.47 Å². The molecule has 0 N–H and O–H groups in total. The zero-order valence-corrected chi connectivity index (χ0v) is 14.8. The molecule has 0 aromatic carbocycles. The van der Waals surface area contributed by atoms with Crippen molar-refractivity contribution in [1.29, 1.82) is 0 Å². The predicted octanol–water partition coefficient (Wildman–Crippen LogP) is 1.52. The molecule has 24 heavy (non-hydrogen) atoms. The van der Waals surface area contributed by atoms with E-state index in [9.17, 15) is 4.79 Å². The highest BCUT2D eigenvalue weighted by atomic mass is 32.1. The van der Waals surface area contributed by atoms with Gasteiger partial charge < -0.3 is 14.4 Å². The van der Waals surface area contributed by atoms with Crippen molar-refractivity contribution in [3.05, 3.63) is 16.6 Å². The summed E-state index contributed by atoms with van der Waals surface area (Å²) in [5.41, 5.74) is -0.221. The molecule has 4 heterocycles. The zero-order chi connectivity index (χ0) is 16.4. The van der Waals surface area contributed by atoms with Gasteiger partial charge in [0.05, 0.1) is 25.9 Å². The predicted molar refractivity (Wildman–Crippen MR) is 90.9 cm³/mol. The van der Waals surface area contributed by atoms with E-state index in [1.54, 1.807) is 11.3 Å². The Balaban J connectivity index is 1.37. The highest BCUT2D eigenvalue weighted by molar-refractivity contribution is 7.09. The Morgan fingerprint density at radius 3 is 3.17 bits per heavy atom. The third-order valence-corrected chi connectivity index (χ3v) is 5.97. The van der Waals surface area contributed by atoms with Gasteiger partial charge in [-0.3, -0.25) is 9.69 Å². The summed E-state index contributed by atoms with van der Waals surface area (Å²) in [6.45, 7) is 5.70. The van der Waals surface area contributed by atoms with Crippen molar-refractivity contribution in [2.24, 2.45) is 0 Å². The quantitative estimate of drug-likeness (QED) is 0.823. The minimum Gasteiger partial charge on any atom is -0.377 e. The summed E-state index contributed by atoms with van der Waals surface area (Å²) >= 11 is 1.70. The Bertz CT molecular complexity index is 567. The molecular formula is C17H25N3O3S. The number of thiazole rings is 1. The van der Waals surface area contributed by atoms with Crippen LogP contribution < -0.4 is 0 Å². The first-order valence-electron chi connectivity index (χ1n) is 8.87. The Morgan fingerprint density at radius 2 is 2.38 bits per heavy atom. The lowest BCUT2D eigenvalue weighted by Crippen LogP contribution is -2.45. The van der Waals surface area contributed by atoms with Crippen molar-refractivity contribution in [3.63, 3.8) is 0 Å². The van der Waals surface area contributed by atoms with Crippen molar-refractivity contribution < 1.29 is 14.3 Å². The first kappa shape index (κ1) is 16.4. The first-order valence-corrected chi connectivity index (χ1v) is 9.74. The maximum Gasteiger partial charge on any atom is 0.222 e. The van der Waals surface area contributed by atoms with Crippen LogP contribution in [0.25, 0.3) is 0 Å². The molecule has 0 radical (unpaired) electrons. The summed E-state index contributed by atoms with van der Waals surface area (Å²) < 4.78 is 12.3. The molecule has 3 aliphatic rings. The van der Waals surface area contributed by atoms with E-state index in [1.807, 2.05) is 16.5 Å². The van der Waals surface area contributed by atoms with Gasteiger partial charge in [-0.15, -0.1) is 11.3 Å². The molecule has 0 aliphatic carbocycles. The monoisotopic (exact) mass is 351 g/mol. The second kappa shape index (κ2) is 7.07. The van der Waals surface area contributed by atoms with Crippen LogP contribution in [0.5, 0.6) is 0 Å². The molecule has 3 fully saturated rings. The van der Waals surface area contributed by atoms with E-state index in [0.717, 1.165) is 63.6 Å². The second-order valence-corrected chi connectivity index (χ2v) is 8.07. The van der Waals surface area contributed by atoms with Gasteiger partial charge >= 0.3 is 0 Å². The average molecular weight is 351 g/mol. The molecule has 1 spiro atoms. The standard InChI is InChI=1S/C17H25N3O3S/c21-16-2-1-6-20(16)10-14-3-4-17(23-14)12-19(7-8-22-13-17)11-15-18-5-9-24-15/h5,9,14H,1-4,6-8,10-13H2/t14-,17-/m0/s1. The number of carbonyl (C=O) groups excluding carboxylic acids is 1. The number of likely N-dealkylation sites (tertiary alicyclic amines) is 1. The highest BCUT2D eigenvalue weighted by Crippen LogP contribution is 2.34. The number of aromatic nitrogens is 1.